The van der Waals surface area contributed by atoms with Crippen LogP contribution in [0.5, 0.6) is 5.88 Å². The number of halogens is 2. The van der Waals surface area contributed by atoms with Gasteiger partial charge in [0.05, 0.1) is 30.0 Å². The molecule has 0 saturated carbocycles. The van der Waals surface area contributed by atoms with Crippen molar-refractivity contribution in [1.82, 2.24) is 29.5 Å². The number of piperidine rings is 1. The minimum Gasteiger partial charge on any atom is -0.481 e. The first kappa shape index (κ1) is 26.2. The van der Waals surface area contributed by atoms with Gasteiger partial charge in [-0.1, -0.05) is 12.1 Å². The lowest BCUT2D eigenvalue weighted by Crippen LogP contribution is -2.48. The fraction of sp³-hybridized carbons (Fsp3) is 0.500. The molecule has 4 rings (SSSR count). The van der Waals surface area contributed by atoms with Crippen LogP contribution in [0.3, 0.4) is 0 Å². The largest absolute Gasteiger partial charge is 0.481 e. The fourth-order valence-corrected chi connectivity index (χ4v) is 4.61. The topological polar surface area (TPSA) is 128 Å². The lowest BCUT2D eigenvalue weighted by Gasteiger charge is -2.39. The van der Waals surface area contributed by atoms with Gasteiger partial charge in [-0.25, -0.2) is 23.4 Å². The van der Waals surface area contributed by atoms with Crippen LogP contribution < -0.4 is 15.2 Å². The summed E-state index contributed by atoms with van der Waals surface area (Å²) in [5.74, 6) is -4.80. The monoisotopic (exact) mass is 517 g/mol. The molecule has 1 aliphatic rings. The second-order valence-electron chi connectivity index (χ2n) is 9.23. The van der Waals surface area contributed by atoms with E-state index in [1.54, 1.807) is 32.3 Å². The van der Waals surface area contributed by atoms with Crippen molar-refractivity contribution in [2.45, 2.75) is 52.2 Å². The highest BCUT2D eigenvalue weighted by molar-refractivity contribution is 5.67. The number of anilines is 1. The first-order chi connectivity index (χ1) is 17.6. The summed E-state index contributed by atoms with van der Waals surface area (Å²) in [6.45, 7) is 3.88. The van der Waals surface area contributed by atoms with E-state index in [9.17, 15) is 18.4 Å². The number of rotatable bonds is 9. The summed E-state index contributed by atoms with van der Waals surface area (Å²) in [6, 6.07) is 3.34. The maximum Gasteiger partial charge on any atom is 0.313 e. The number of aliphatic carboxylic acids is 1. The number of aromatic nitrogens is 6. The lowest BCUT2D eigenvalue weighted by molar-refractivity contribution is -0.139. The van der Waals surface area contributed by atoms with Crippen molar-refractivity contribution in [2.75, 3.05) is 18.0 Å². The SMILES string of the molecule is CCCn1ccnc(OCc2c(-c3ccc(N4C[C@@H](CC(=O)O)CC(F)(F)C4)c(C)n3)nnn2C)c1=O. The Kier molecular flexibility index (Phi) is 7.50. The Labute approximate surface area is 211 Å². The van der Waals surface area contributed by atoms with Crippen LogP contribution in [0.4, 0.5) is 14.5 Å². The summed E-state index contributed by atoms with van der Waals surface area (Å²) in [4.78, 5) is 33.8. The van der Waals surface area contributed by atoms with Gasteiger partial charge in [0.15, 0.2) is 0 Å². The third kappa shape index (κ3) is 5.92. The smallest absolute Gasteiger partial charge is 0.313 e. The Morgan fingerprint density at radius 3 is 2.81 bits per heavy atom. The van der Waals surface area contributed by atoms with Crippen LogP contribution >= 0.6 is 0 Å². The minimum absolute atomic E-state index is 0.0328. The molecule has 3 aromatic heterocycles. The van der Waals surface area contributed by atoms with E-state index < -0.39 is 30.8 Å². The summed E-state index contributed by atoms with van der Waals surface area (Å²) >= 11 is 0. The molecule has 0 amide bonds. The maximum absolute atomic E-state index is 14.4. The molecular weight excluding hydrogens is 488 g/mol. The van der Waals surface area contributed by atoms with Crippen LogP contribution in [-0.4, -0.2) is 59.6 Å². The van der Waals surface area contributed by atoms with Gasteiger partial charge in [0.25, 0.3) is 11.8 Å². The lowest BCUT2D eigenvalue weighted by atomic mass is 9.92. The zero-order valence-electron chi connectivity index (χ0n) is 20.9. The molecule has 0 aliphatic carbocycles. The Hall–Kier alpha value is -3.90. The minimum atomic E-state index is -3.00. The molecule has 1 atom stereocenters. The first-order valence-electron chi connectivity index (χ1n) is 12.0. The first-order valence-corrected chi connectivity index (χ1v) is 12.0. The summed E-state index contributed by atoms with van der Waals surface area (Å²) < 4.78 is 37.5. The summed E-state index contributed by atoms with van der Waals surface area (Å²) in [7, 11) is 1.68. The third-order valence-electron chi connectivity index (χ3n) is 6.23. The molecule has 4 heterocycles. The van der Waals surface area contributed by atoms with Gasteiger partial charge < -0.3 is 19.3 Å². The number of alkyl halides is 2. The molecule has 0 bridgehead atoms. The number of carboxylic acids is 1. The van der Waals surface area contributed by atoms with Gasteiger partial charge in [0.2, 0.25) is 0 Å². The van der Waals surface area contributed by atoms with Gasteiger partial charge in [0, 0.05) is 39.0 Å². The molecule has 0 unspecified atom stereocenters. The van der Waals surface area contributed by atoms with E-state index >= 15 is 0 Å². The van der Waals surface area contributed by atoms with Gasteiger partial charge >= 0.3 is 11.5 Å². The second kappa shape index (κ2) is 10.6. The van der Waals surface area contributed by atoms with Crippen LogP contribution in [-0.2, 0) is 25.0 Å². The predicted molar refractivity (Wildman–Crippen MR) is 130 cm³/mol. The number of carbonyl (C=O) groups is 1. The molecule has 1 fully saturated rings. The van der Waals surface area contributed by atoms with Crippen LogP contribution in [0.1, 0.15) is 37.6 Å². The van der Waals surface area contributed by atoms with E-state index in [0.717, 1.165) is 6.42 Å². The number of hydrogen-bond donors (Lipinski definition) is 1. The van der Waals surface area contributed by atoms with Crippen molar-refractivity contribution in [3.63, 3.8) is 0 Å². The van der Waals surface area contributed by atoms with Crippen LogP contribution in [0, 0.1) is 12.8 Å². The van der Waals surface area contributed by atoms with Crippen molar-refractivity contribution in [2.24, 2.45) is 13.0 Å². The van der Waals surface area contributed by atoms with Crippen LogP contribution in [0.2, 0.25) is 0 Å². The molecule has 0 aromatic carbocycles. The second-order valence-corrected chi connectivity index (χ2v) is 9.23. The summed E-state index contributed by atoms with van der Waals surface area (Å²) in [5, 5.41) is 17.3. The van der Waals surface area contributed by atoms with E-state index in [4.69, 9.17) is 9.84 Å². The number of aryl methyl sites for hydroxylation is 3. The fourth-order valence-electron chi connectivity index (χ4n) is 4.61. The highest BCUT2D eigenvalue weighted by Crippen LogP contribution is 2.36. The van der Waals surface area contributed by atoms with E-state index in [-0.39, 0.29) is 31.0 Å². The zero-order valence-corrected chi connectivity index (χ0v) is 20.9. The van der Waals surface area contributed by atoms with E-state index in [1.165, 1.54) is 20.3 Å². The Balaban J connectivity index is 1.56. The normalized spacial score (nSPS) is 17.1. The van der Waals surface area contributed by atoms with Gasteiger partial charge in [0.1, 0.15) is 18.0 Å². The average Bonchev–Trinajstić information content (AvgIpc) is 3.18. The predicted octanol–water partition coefficient (Wildman–Crippen LogP) is 2.67. The van der Waals surface area contributed by atoms with E-state index in [0.29, 0.717) is 35.0 Å². The number of carboxylic acid groups (broad SMARTS) is 1. The maximum atomic E-state index is 14.4. The van der Waals surface area contributed by atoms with Crippen molar-refractivity contribution in [3.8, 4) is 17.3 Å². The van der Waals surface area contributed by atoms with Gasteiger partial charge in [-0.05, 0) is 31.4 Å². The third-order valence-corrected chi connectivity index (χ3v) is 6.23. The molecular formula is C24H29F2N7O4. The van der Waals surface area contributed by atoms with Crippen molar-refractivity contribution in [3.05, 3.63) is 46.3 Å². The van der Waals surface area contributed by atoms with Gasteiger partial charge in [-0.15, -0.1) is 5.10 Å². The molecule has 11 nitrogen and oxygen atoms in total. The molecule has 0 spiro atoms. The van der Waals surface area contributed by atoms with E-state index in [1.807, 2.05) is 6.92 Å². The molecule has 0 radical (unpaired) electrons. The molecule has 37 heavy (non-hydrogen) atoms. The Morgan fingerprint density at radius 1 is 1.32 bits per heavy atom. The molecule has 13 heteroatoms. The van der Waals surface area contributed by atoms with Gasteiger partial charge in [-0.2, -0.15) is 0 Å². The number of ether oxygens (including phenoxy) is 1. The van der Waals surface area contributed by atoms with Crippen molar-refractivity contribution in [1.29, 1.82) is 0 Å². The molecule has 3 aromatic rings. The van der Waals surface area contributed by atoms with Crippen molar-refractivity contribution < 1.29 is 23.4 Å². The quantitative estimate of drug-likeness (QED) is 0.455. The standard InChI is InChI=1S/C24H29F2N7O4/c1-4-8-32-9-7-27-22(23(32)36)37-13-19-21(29-30-31(19)3)17-5-6-18(15(2)28-17)33-12-16(10-20(34)35)11-24(25,26)14-33/h5-7,9,16H,4,8,10-14H2,1-3H3,(H,34,35)/t16-/m0/s1. The Morgan fingerprint density at radius 2 is 2.11 bits per heavy atom. The molecule has 1 N–H and O–H groups in total. The van der Waals surface area contributed by atoms with Crippen LogP contribution in [0.15, 0.2) is 29.3 Å². The van der Waals surface area contributed by atoms with Gasteiger partial charge in [-0.3, -0.25) is 9.59 Å². The van der Waals surface area contributed by atoms with E-state index in [2.05, 4.69) is 20.3 Å². The number of hydrogen-bond acceptors (Lipinski definition) is 8. The highest BCUT2D eigenvalue weighted by atomic mass is 19.3. The van der Waals surface area contributed by atoms with Crippen molar-refractivity contribution >= 4 is 11.7 Å². The molecule has 198 valence electrons. The Bertz CT molecular complexity index is 1340. The number of pyridine rings is 1. The summed E-state index contributed by atoms with van der Waals surface area (Å²) in [5.41, 5.74) is 2.11. The molecule has 1 saturated heterocycles. The molecule has 1 aliphatic heterocycles. The highest BCUT2D eigenvalue weighted by Gasteiger charge is 2.41. The average molecular weight is 518 g/mol. The zero-order chi connectivity index (χ0) is 26.7. The van der Waals surface area contributed by atoms with Crippen LogP contribution in [0.25, 0.3) is 11.4 Å². The summed E-state index contributed by atoms with van der Waals surface area (Å²) in [6.07, 6.45) is 3.12. The number of nitrogens with zero attached hydrogens (tertiary/aromatic N) is 7.